The monoisotopic (exact) mass is 380 g/mol. The highest BCUT2D eigenvalue weighted by atomic mass is 32.2. The number of aliphatic hydroxyl groups is 5. The molecule has 142 valence electrons. The normalized spacial score (nSPS) is 16.8. The third-order valence-electron chi connectivity index (χ3n) is 3.37. The van der Waals surface area contributed by atoms with Crippen LogP contribution >= 0.6 is 0 Å². The smallest absolute Gasteiger partial charge is 0.273 e. The molecule has 0 heterocycles. The van der Waals surface area contributed by atoms with Gasteiger partial charge in [-0.15, -0.1) is 0 Å². The van der Waals surface area contributed by atoms with Crippen LogP contribution in [0.3, 0.4) is 0 Å². The van der Waals surface area contributed by atoms with Crippen LogP contribution < -0.4 is 4.72 Å². The van der Waals surface area contributed by atoms with Crippen LogP contribution in [0.5, 0.6) is 0 Å². The van der Waals surface area contributed by atoms with Crippen LogP contribution in [-0.2, 0) is 15.8 Å². The molecule has 1 rings (SSSR count). The van der Waals surface area contributed by atoms with Gasteiger partial charge in [0, 0.05) is 18.2 Å². The minimum atomic E-state index is -4.09. The maximum atomic E-state index is 12.0. The molecule has 0 aromatic heterocycles. The van der Waals surface area contributed by atoms with Gasteiger partial charge in [-0.05, 0) is 0 Å². The lowest BCUT2D eigenvalue weighted by Crippen LogP contribution is -2.49. The first kappa shape index (κ1) is 21.4. The highest BCUT2D eigenvalue weighted by molar-refractivity contribution is 7.88. The number of aliphatic hydroxyl groups excluding tert-OH is 5. The maximum absolute atomic E-state index is 12.0. The van der Waals surface area contributed by atoms with Gasteiger partial charge in [0.15, 0.2) is 0 Å². The molecule has 0 aliphatic rings. The summed E-state index contributed by atoms with van der Waals surface area (Å²) in [7, 11) is -4.09. The molecule has 0 aliphatic heterocycles. The Morgan fingerprint density at radius 2 is 1.64 bits per heavy atom. The van der Waals surface area contributed by atoms with Gasteiger partial charge < -0.3 is 25.5 Å². The number of nitrogens with zero attached hydrogens (tertiary/aromatic N) is 1. The molecule has 1 aromatic rings. The zero-order valence-electron chi connectivity index (χ0n) is 13.0. The molecule has 6 N–H and O–H groups in total. The lowest BCUT2D eigenvalue weighted by atomic mass is 10.0. The lowest BCUT2D eigenvalue weighted by Gasteiger charge is -2.25. The highest BCUT2D eigenvalue weighted by Gasteiger charge is 2.31. The Morgan fingerprint density at radius 3 is 2.20 bits per heavy atom. The van der Waals surface area contributed by atoms with E-state index in [0.29, 0.717) is 0 Å². The fraction of sp³-hybridized carbons (Fsp3) is 0.538. The Hall–Kier alpha value is -1.67. The van der Waals surface area contributed by atoms with E-state index in [9.17, 15) is 39.0 Å². The molecule has 0 saturated carbocycles. The van der Waals surface area contributed by atoms with Crippen LogP contribution in [0.4, 0.5) is 5.69 Å². The summed E-state index contributed by atoms with van der Waals surface area (Å²) in [5, 5.41) is 57.4. The zero-order valence-corrected chi connectivity index (χ0v) is 13.8. The third-order valence-corrected chi connectivity index (χ3v) is 4.67. The first-order chi connectivity index (χ1) is 11.6. The lowest BCUT2D eigenvalue weighted by molar-refractivity contribution is -0.385. The third kappa shape index (κ3) is 6.28. The molecule has 4 atom stereocenters. The van der Waals surface area contributed by atoms with E-state index in [4.69, 9.17) is 5.11 Å². The molecule has 0 saturated heterocycles. The van der Waals surface area contributed by atoms with Crippen LogP contribution in [0.25, 0.3) is 0 Å². The number of hydrogen-bond donors (Lipinski definition) is 6. The summed E-state index contributed by atoms with van der Waals surface area (Å²) in [6.45, 7) is -1.58. The molecule has 0 radical (unpaired) electrons. The summed E-state index contributed by atoms with van der Waals surface area (Å²) >= 11 is 0. The number of nitro groups is 1. The number of hydrogen-bond acceptors (Lipinski definition) is 9. The van der Waals surface area contributed by atoms with Crippen LogP contribution in [-0.4, -0.2) is 76.4 Å². The average Bonchev–Trinajstić information content (AvgIpc) is 2.57. The minimum Gasteiger partial charge on any atom is -0.394 e. The molecular weight excluding hydrogens is 360 g/mol. The number of para-hydroxylation sites is 1. The predicted octanol–water partition coefficient (Wildman–Crippen LogP) is -2.55. The summed E-state index contributed by atoms with van der Waals surface area (Å²) < 4.78 is 25.9. The standard InChI is InChI=1S/C13H20N2O9S/c16-6-11(18)13(20)12(19)10(17)5-14-25(23,24)7-8-3-1-2-4-9(8)15(21)22/h1-4,10-14,16-20H,5-7H2/t10-,11+,12-,13-/m1/s1. The summed E-state index contributed by atoms with van der Waals surface area (Å²) in [6.07, 6.45) is -7.31. The predicted molar refractivity (Wildman–Crippen MR) is 84.8 cm³/mol. The summed E-state index contributed by atoms with van der Waals surface area (Å²) in [4.78, 5) is 10.1. The van der Waals surface area contributed by atoms with Gasteiger partial charge in [-0.2, -0.15) is 0 Å². The van der Waals surface area contributed by atoms with Gasteiger partial charge in [0.05, 0.1) is 23.4 Å². The van der Waals surface area contributed by atoms with Gasteiger partial charge in [-0.1, -0.05) is 18.2 Å². The van der Waals surface area contributed by atoms with Crippen LogP contribution in [0.15, 0.2) is 24.3 Å². The average molecular weight is 380 g/mol. The van der Waals surface area contributed by atoms with E-state index in [-0.39, 0.29) is 11.3 Å². The molecule has 0 spiro atoms. The molecule has 0 bridgehead atoms. The number of nitro benzene ring substituents is 1. The number of sulfonamides is 1. The Bertz CT molecular complexity index is 682. The van der Waals surface area contributed by atoms with E-state index in [0.717, 1.165) is 6.07 Å². The van der Waals surface area contributed by atoms with Crippen molar-refractivity contribution in [3.63, 3.8) is 0 Å². The van der Waals surface area contributed by atoms with E-state index >= 15 is 0 Å². The first-order valence-electron chi connectivity index (χ1n) is 7.11. The largest absolute Gasteiger partial charge is 0.394 e. The quantitative estimate of drug-likeness (QED) is 0.187. The minimum absolute atomic E-state index is 0.0641. The number of benzene rings is 1. The molecule has 1 aromatic carbocycles. The van der Waals surface area contributed by atoms with Gasteiger partial charge in [0.2, 0.25) is 10.0 Å². The van der Waals surface area contributed by atoms with Crippen molar-refractivity contribution in [2.45, 2.75) is 30.2 Å². The van der Waals surface area contributed by atoms with E-state index < -0.39 is 58.3 Å². The summed E-state index contributed by atoms with van der Waals surface area (Å²) in [6, 6.07) is 5.23. The van der Waals surface area contributed by atoms with Crippen molar-refractivity contribution >= 4 is 15.7 Å². The van der Waals surface area contributed by atoms with Gasteiger partial charge in [0.1, 0.15) is 18.3 Å². The fourth-order valence-electron chi connectivity index (χ4n) is 1.96. The second kappa shape index (κ2) is 9.15. The number of rotatable bonds is 10. The fourth-order valence-corrected chi connectivity index (χ4v) is 3.14. The zero-order chi connectivity index (χ0) is 19.2. The first-order valence-corrected chi connectivity index (χ1v) is 8.77. The Morgan fingerprint density at radius 1 is 1.08 bits per heavy atom. The van der Waals surface area contributed by atoms with Crippen molar-refractivity contribution in [1.82, 2.24) is 4.72 Å². The molecule has 0 unspecified atom stereocenters. The maximum Gasteiger partial charge on any atom is 0.273 e. The van der Waals surface area contributed by atoms with Crippen molar-refractivity contribution in [2.24, 2.45) is 0 Å². The number of nitrogens with one attached hydrogen (secondary N) is 1. The highest BCUT2D eigenvalue weighted by Crippen LogP contribution is 2.19. The topological polar surface area (TPSA) is 190 Å². The van der Waals surface area contributed by atoms with E-state index in [2.05, 4.69) is 0 Å². The van der Waals surface area contributed by atoms with Gasteiger partial charge >= 0.3 is 0 Å². The van der Waals surface area contributed by atoms with E-state index in [1.54, 1.807) is 0 Å². The molecule has 11 nitrogen and oxygen atoms in total. The second-order valence-corrected chi connectivity index (χ2v) is 7.10. The second-order valence-electron chi connectivity index (χ2n) is 5.29. The van der Waals surface area contributed by atoms with Crippen LogP contribution in [0, 0.1) is 10.1 Å². The Balaban J connectivity index is 2.72. The van der Waals surface area contributed by atoms with Crippen molar-refractivity contribution in [3.8, 4) is 0 Å². The molecule has 0 amide bonds. The van der Waals surface area contributed by atoms with Crippen molar-refractivity contribution in [2.75, 3.05) is 13.2 Å². The van der Waals surface area contributed by atoms with Gasteiger partial charge in [-0.25, -0.2) is 13.1 Å². The molecule has 0 fully saturated rings. The van der Waals surface area contributed by atoms with Gasteiger partial charge in [0.25, 0.3) is 5.69 Å². The summed E-state index contributed by atoms with van der Waals surface area (Å²) in [5.41, 5.74) is -0.444. The molecule has 25 heavy (non-hydrogen) atoms. The van der Waals surface area contributed by atoms with E-state index in [1.807, 2.05) is 4.72 Å². The Labute approximate surface area is 143 Å². The molecule has 12 heteroatoms. The summed E-state index contributed by atoms with van der Waals surface area (Å²) in [5.74, 6) is -0.727. The van der Waals surface area contributed by atoms with E-state index in [1.165, 1.54) is 18.2 Å². The van der Waals surface area contributed by atoms with Crippen LogP contribution in [0.2, 0.25) is 0 Å². The SMILES string of the molecule is O=[N+]([O-])c1ccccc1CS(=O)(=O)NC[C@@H](O)[C@@H](O)[C@H](O)[C@@H](O)CO. The van der Waals surface area contributed by atoms with Crippen molar-refractivity contribution in [1.29, 1.82) is 0 Å². The van der Waals surface area contributed by atoms with Gasteiger partial charge in [-0.3, -0.25) is 10.1 Å². The Kier molecular flexibility index (Phi) is 7.82. The van der Waals surface area contributed by atoms with Crippen molar-refractivity contribution < 1.29 is 38.9 Å². The molecule has 0 aliphatic carbocycles. The van der Waals surface area contributed by atoms with Crippen LogP contribution in [0.1, 0.15) is 5.56 Å². The van der Waals surface area contributed by atoms with Crippen molar-refractivity contribution in [3.05, 3.63) is 39.9 Å². The molecular formula is C13H20N2O9S.